The number of ether oxygens (including phenoxy) is 1. The minimum atomic E-state index is -0.543. The van der Waals surface area contributed by atoms with E-state index in [1.54, 1.807) is 19.2 Å². The number of hydrogen-bond acceptors (Lipinski definition) is 4. The maximum absolute atomic E-state index is 14.0. The van der Waals surface area contributed by atoms with Crippen molar-refractivity contribution in [1.82, 2.24) is 10.2 Å². The highest BCUT2D eigenvalue weighted by molar-refractivity contribution is 5.41. The summed E-state index contributed by atoms with van der Waals surface area (Å²) in [6, 6.07) is 14.7. The SMILES string of the molecule is COc1ccc(F)cc1[C@H]1N[C@](CO)(c2ccccc2)[C@H]2CN(C)C[C@@H]12. The van der Waals surface area contributed by atoms with Gasteiger partial charge in [-0.3, -0.25) is 5.32 Å². The van der Waals surface area contributed by atoms with Gasteiger partial charge in [-0.1, -0.05) is 30.3 Å². The maximum Gasteiger partial charge on any atom is 0.123 e. The zero-order chi connectivity index (χ0) is 18.3. The van der Waals surface area contributed by atoms with Crippen LogP contribution in [-0.2, 0) is 5.54 Å². The van der Waals surface area contributed by atoms with Crippen molar-refractivity contribution >= 4 is 0 Å². The quantitative estimate of drug-likeness (QED) is 0.884. The van der Waals surface area contributed by atoms with Crippen molar-refractivity contribution in [3.8, 4) is 5.75 Å². The Labute approximate surface area is 153 Å². The first-order valence-corrected chi connectivity index (χ1v) is 9.05. The first kappa shape index (κ1) is 17.5. The molecule has 4 nitrogen and oxygen atoms in total. The number of hydrogen-bond donors (Lipinski definition) is 2. The predicted octanol–water partition coefficient (Wildman–Crippen LogP) is 2.54. The number of nitrogens with zero attached hydrogens (tertiary/aromatic N) is 1. The molecule has 0 saturated carbocycles. The molecule has 2 aromatic rings. The molecule has 2 heterocycles. The zero-order valence-electron chi connectivity index (χ0n) is 15.2. The van der Waals surface area contributed by atoms with Gasteiger partial charge in [-0.2, -0.15) is 0 Å². The van der Waals surface area contributed by atoms with Crippen LogP contribution < -0.4 is 10.1 Å². The summed E-state index contributed by atoms with van der Waals surface area (Å²) in [5.41, 5.74) is 1.35. The van der Waals surface area contributed by atoms with Crippen molar-refractivity contribution in [2.45, 2.75) is 11.6 Å². The summed E-state index contributed by atoms with van der Waals surface area (Å²) in [7, 11) is 3.71. The van der Waals surface area contributed by atoms with Gasteiger partial charge in [0, 0.05) is 30.6 Å². The lowest BCUT2D eigenvalue weighted by Gasteiger charge is -2.35. The van der Waals surface area contributed by atoms with E-state index in [0.717, 1.165) is 24.2 Å². The van der Waals surface area contributed by atoms with Gasteiger partial charge in [0.15, 0.2) is 0 Å². The molecule has 138 valence electrons. The van der Waals surface area contributed by atoms with Gasteiger partial charge >= 0.3 is 0 Å². The number of rotatable bonds is 4. The van der Waals surface area contributed by atoms with Crippen molar-refractivity contribution in [3.63, 3.8) is 0 Å². The number of aliphatic hydroxyl groups excluding tert-OH is 1. The lowest BCUT2D eigenvalue weighted by atomic mass is 9.76. The van der Waals surface area contributed by atoms with E-state index in [0.29, 0.717) is 5.75 Å². The van der Waals surface area contributed by atoms with Crippen LogP contribution in [0.5, 0.6) is 5.75 Å². The lowest BCUT2D eigenvalue weighted by molar-refractivity contribution is 0.129. The molecule has 2 fully saturated rings. The Morgan fingerprint density at radius 1 is 1.23 bits per heavy atom. The Morgan fingerprint density at radius 3 is 2.69 bits per heavy atom. The Balaban J connectivity index is 1.82. The fraction of sp³-hybridized carbons (Fsp3) is 0.429. The van der Waals surface area contributed by atoms with Crippen LogP contribution in [0.3, 0.4) is 0 Å². The van der Waals surface area contributed by atoms with E-state index in [4.69, 9.17) is 4.74 Å². The number of methoxy groups -OCH3 is 1. The Bertz CT molecular complexity index is 785. The fourth-order valence-electron chi connectivity index (χ4n) is 4.93. The van der Waals surface area contributed by atoms with E-state index >= 15 is 0 Å². The summed E-state index contributed by atoms with van der Waals surface area (Å²) in [6.45, 7) is 1.79. The van der Waals surface area contributed by atoms with E-state index in [9.17, 15) is 9.50 Å². The highest BCUT2D eigenvalue weighted by atomic mass is 19.1. The molecule has 0 spiro atoms. The second-order valence-corrected chi connectivity index (χ2v) is 7.50. The smallest absolute Gasteiger partial charge is 0.123 e. The van der Waals surface area contributed by atoms with Gasteiger partial charge in [0.05, 0.1) is 19.3 Å². The highest BCUT2D eigenvalue weighted by Crippen LogP contribution is 2.52. The van der Waals surface area contributed by atoms with Crippen LogP contribution >= 0.6 is 0 Å². The number of fused-ring (bicyclic) bond motifs is 1. The molecular formula is C21H25FN2O2. The normalized spacial score (nSPS) is 31.2. The molecule has 0 bridgehead atoms. The molecular weight excluding hydrogens is 331 g/mol. The fourth-order valence-corrected chi connectivity index (χ4v) is 4.93. The second kappa shape index (κ2) is 6.65. The van der Waals surface area contributed by atoms with E-state index in [2.05, 4.69) is 29.4 Å². The summed E-state index contributed by atoms with van der Waals surface area (Å²) in [6.07, 6.45) is 0. The number of benzene rings is 2. The van der Waals surface area contributed by atoms with Crippen molar-refractivity contribution in [1.29, 1.82) is 0 Å². The minimum absolute atomic E-state index is 0.000150. The first-order chi connectivity index (χ1) is 12.6. The summed E-state index contributed by atoms with van der Waals surface area (Å²) >= 11 is 0. The number of aliphatic hydroxyl groups is 1. The molecule has 2 aliphatic rings. The van der Waals surface area contributed by atoms with Crippen LogP contribution in [-0.4, -0.2) is 43.9 Å². The van der Waals surface area contributed by atoms with E-state index in [1.807, 2.05) is 18.2 Å². The average molecular weight is 356 g/mol. The molecule has 4 atom stereocenters. The highest BCUT2D eigenvalue weighted by Gasteiger charge is 2.57. The van der Waals surface area contributed by atoms with Gasteiger partial charge in [-0.15, -0.1) is 0 Å². The largest absolute Gasteiger partial charge is 0.496 e. The summed E-state index contributed by atoms with van der Waals surface area (Å²) in [4.78, 5) is 2.29. The Morgan fingerprint density at radius 2 is 2.00 bits per heavy atom. The minimum Gasteiger partial charge on any atom is -0.496 e. The van der Waals surface area contributed by atoms with Gasteiger partial charge in [0.2, 0.25) is 0 Å². The molecule has 0 aliphatic carbocycles. The van der Waals surface area contributed by atoms with Crippen molar-refractivity contribution < 1.29 is 14.2 Å². The van der Waals surface area contributed by atoms with Crippen LogP contribution in [0.25, 0.3) is 0 Å². The number of halogens is 1. The number of nitrogens with one attached hydrogen (secondary N) is 1. The molecule has 5 heteroatoms. The summed E-state index contributed by atoms with van der Waals surface area (Å²) in [5.74, 6) is 0.909. The van der Waals surface area contributed by atoms with Gasteiger partial charge in [-0.05, 0) is 36.7 Å². The molecule has 2 N–H and O–H groups in total. The van der Waals surface area contributed by atoms with Crippen LogP contribution in [0.4, 0.5) is 4.39 Å². The van der Waals surface area contributed by atoms with Crippen molar-refractivity contribution in [2.75, 3.05) is 33.9 Å². The Hall–Kier alpha value is -1.95. The predicted molar refractivity (Wildman–Crippen MR) is 98.5 cm³/mol. The molecule has 26 heavy (non-hydrogen) atoms. The van der Waals surface area contributed by atoms with Crippen LogP contribution in [0.1, 0.15) is 17.2 Å². The maximum atomic E-state index is 14.0. The first-order valence-electron chi connectivity index (χ1n) is 9.05. The topological polar surface area (TPSA) is 44.7 Å². The van der Waals surface area contributed by atoms with Gasteiger partial charge < -0.3 is 14.7 Å². The molecule has 0 amide bonds. The van der Waals surface area contributed by atoms with Crippen molar-refractivity contribution in [3.05, 3.63) is 65.5 Å². The average Bonchev–Trinajstić information content (AvgIpc) is 3.18. The van der Waals surface area contributed by atoms with E-state index in [-0.39, 0.29) is 30.3 Å². The van der Waals surface area contributed by atoms with Crippen LogP contribution in [0, 0.1) is 17.7 Å². The summed E-state index contributed by atoms with van der Waals surface area (Å²) < 4.78 is 19.5. The Kier molecular flexibility index (Phi) is 4.47. The second-order valence-electron chi connectivity index (χ2n) is 7.50. The van der Waals surface area contributed by atoms with Gasteiger partial charge in [-0.25, -0.2) is 4.39 Å². The van der Waals surface area contributed by atoms with Crippen LogP contribution in [0.15, 0.2) is 48.5 Å². The molecule has 0 radical (unpaired) electrons. The van der Waals surface area contributed by atoms with E-state index < -0.39 is 5.54 Å². The standard InChI is InChI=1S/C21H25FN2O2/c1-24-11-17-18(12-24)21(13-25,14-6-4-3-5-7-14)23-20(17)16-10-15(22)8-9-19(16)26-2/h3-10,17-18,20,23,25H,11-13H2,1-2H3/t17-,18+,20-,21-/m1/s1. The van der Waals surface area contributed by atoms with Gasteiger partial charge in [0.1, 0.15) is 11.6 Å². The lowest BCUT2D eigenvalue weighted by Crippen LogP contribution is -2.47. The summed E-state index contributed by atoms with van der Waals surface area (Å²) in [5, 5.41) is 14.2. The molecule has 0 unspecified atom stereocenters. The molecule has 2 aliphatic heterocycles. The molecule has 0 aromatic heterocycles. The monoisotopic (exact) mass is 356 g/mol. The third-order valence-electron chi connectivity index (χ3n) is 6.09. The van der Waals surface area contributed by atoms with Crippen molar-refractivity contribution in [2.24, 2.45) is 11.8 Å². The van der Waals surface area contributed by atoms with Crippen LogP contribution in [0.2, 0.25) is 0 Å². The molecule has 2 aromatic carbocycles. The number of likely N-dealkylation sites (tertiary alicyclic amines) is 1. The van der Waals surface area contributed by atoms with Gasteiger partial charge in [0.25, 0.3) is 0 Å². The third-order valence-corrected chi connectivity index (χ3v) is 6.09. The zero-order valence-corrected chi connectivity index (χ0v) is 15.2. The molecule has 2 saturated heterocycles. The van der Waals surface area contributed by atoms with E-state index in [1.165, 1.54) is 6.07 Å². The third kappa shape index (κ3) is 2.62. The molecule has 4 rings (SSSR count).